The number of hydrogen-bond donors (Lipinski definition) is 2. The second-order valence-electron chi connectivity index (χ2n) is 6.67. The first-order valence-corrected chi connectivity index (χ1v) is 9.99. The molecule has 3 rings (SSSR count). The van der Waals surface area contributed by atoms with E-state index < -0.39 is 30.4 Å². The van der Waals surface area contributed by atoms with Crippen LogP contribution in [0, 0.1) is 0 Å². The monoisotopic (exact) mass is 436 g/mol. The molecule has 3 aromatic carbocycles. The Kier molecular flexibility index (Phi) is 7.79. The van der Waals surface area contributed by atoms with Gasteiger partial charge < -0.3 is 15.4 Å². The Labute approximate surface area is 185 Å². The lowest BCUT2D eigenvalue weighted by molar-refractivity contribution is -0.147. The summed E-state index contributed by atoms with van der Waals surface area (Å²) < 4.78 is 5.00. The molecule has 2 amide bonds. The third kappa shape index (κ3) is 6.69. The maximum atomic E-state index is 12.4. The lowest BCUT2D eigenvalue weighted by Crippen LogP contribution is -2.35. The van der Waals surface area contributed by atoms with Crippen molar-refractivity contribution in [3.05, 3.63) is 107 Å². The number of benzene rings is 3. The highest BCUT2D eigenvalue weighted by molar-refractivity contribution is 6.30. The Bertz CT molecular complexity index is 1020. The minimum absolute atomic E-state index is 0.333. The molecule has 7 heteroatoms. The number of nitrogens with one attached hydrogen (secondary N) is 2. The number of rotatable bonds is 8. The number of halogens is 1. The molecule has 0 aliphatic rings. The zero-order valence-electron chi connectivity index (χ0n) is 16.6. The van der Waals surface area contributed by atoms with Gasteiger partial charge in [-0.05, 0) is 35.4 Å². The van der Waals surface area contributed by atoms with Crippen molar-refractivity contribution in [3.8, 4) is 0 Å². The zero-order chi connectivity index (χ0) is 22.1. The molecule has 0 aliphatic heterocycles. The van der Waals surface area contributed by atoms with Crippen molar-refractivity contribution >= 4 is 29.4 Å². The van der Waals surface area contributed by atoms with E-state index >= 15 is 0 Å². The van der Waals surface area contributed by atoms with Crippen LogP contribution in [0.3, 0.4) is 0 Å². The van der Waals surface area contributed by atoms with Crippen LogP contribution in [0.1, 0.15) is 27.5 Å². The summed E-state index contributed by atoms with van der Waals surface area (Å²) in [4.78, 5) is 36.3. The minimum Gasteiger partial charge on any atom is -0.454 e. The van der Waals surface area contributed by atoms with Gasteiger partial charge in [-0.15, -0.1) is 0 Å². The molecule has 158 valence electrons. The molecule has 1 atom stereocenters. The van der Waals surface area contributed by atoms with E-state index in [1.54, 1.807) is 42.5 Å². The predicted octanol–water partition coefficient (Wildman–Crippen LogP) is 3.52. The van der Waals surface area contributed by atoms with Crippen LogP contribution in [0.15, 0.2) is 84.9 Å². The van der Waals surface area contributed by atoms with Crippen LogP contribution in [0.2, 0.25) is 5.02 Å². The van der Waals surface area contributed by atoms with Gasteiger partial charge >= 0.3 is 5.97 Å². The van der Waals surface area contributed by atoms with E-state index in [0.717, 1.165) is 11.1 Å². The molecule has 31 heavy (non-hydrogen) atoms. The first kappa shape index (κ1) is 22.1. The van der Waals surface area contributed by atoms with E-state index in [1.807, 2.05) is 42.5 Å². The molecule has 0 aliphatic carbocycles. The quantitative estimate of drug-likeness (QED) is 0.529. The summed E-state index contributed by atoms with van der Waals surface area (Å²) in [5.41, 5.74) is 2.15. The Morgan fingerprint density at radius 2 is 1.39 bits per heavy atom. The van der Waals surface area contributed by atoms with Crippen LogP contribution in [0.4, 0.5) is 0 Å². The molecule has 0 saturated heterocycles. The third-order valence-electron chi connectivity index (χ3n) is 4.44. The van der Waals surface area contributed by atoms with Gasteiger partial charge in [0, 0.05) is 10.6 Å². The Morgan fingerprint density at radius 3 is 2.03 bits per heavy atom. The zero-order valence-corrected chi connectivity index (χ0v) is 17.3. The molecule has 0 radical (unpaired) electrons. The average Bonchev–Trinajstić information content (AvgIpc) is 2.81. The van der Waals surface area contributed by atoms with E-state index in [0.29, 0.717) is 10.6 Å². The summed E-state index contributed by atoms with van der Waals surface area (Å²) in [6, 6.07) is 24.6. The largest absolute Gasteiger partial charge is 0.454 e. The van der Waals surface area contributed by atoms with E-state index in [9.17, 15) is 14.4 Å². The van der Waals surface area contributed by atoms with Crippen molar-refractivity contribution in [1.82, 2.24) is 10.6 Å². The highest BCUT2D eigenvalue weighted by atomic mass is 35.5. The van der Waals surface area contributed by atoms with Gasteiger partial charge in [0.15, 0.2) is 6.61 Å². The van der Waals surface area contributed by atoms with Gasteiger partial charge in [-0.2, -0.15) is 0 Å². The number of carbonyl (C=O) groups is 3. The lowest BCUT2D eigenvalue weighted by Gasteiger charge is -2.20. The highest BCUT2D eigenvalue weighted by Crippen LogP contribution is 2.23. The fourth-order valence-corrected chi connectivity index (χ4v) is 3.03. The molecular formula is C24H21ClN2O4. The van der Waals surface area contributed by atoms with Crippen LogP contribution in [0.5, 0.6) is 0 Å². The summed E-state index contributed by atoms with van der Waals surface area (Å²) in [7, 11) is 0. The van der Waals surface area contributed by atoms with Gasteiger partial charge in [-0.25, -0.2) is 0 Å². The van der Waals surface area contributed by atoms with Crippen LogP contribution in [-0.2, 0) is 14.3 Å². The van der Waals surface area contributed by atoms with Crippen molar-refractivity contribution in [3.63, 3.8) is 0 Å². The third-order valence-corrected chi connectivity index (χ3v) is 4.69. The molecule has 2 N–H and O–H groups in total. The van der Waals surface area contributed by atoms with Crippen molar-refractivity contribution < 1.29 is 19.1 Å². The van der Waals surface area contributed by atoms with Crippen LogP contribution in [-0.4, -0.2) is 30.9 Å². The van der Waals surface area contributed by atoms with Crippen molar-refractivity contribution in [2.45, 2.75) is 6.04 Å². The van der Waals surface area contributed by atoms with Gasteiger partial charge in [-0.3, -0.25) is 14.4 Å². The van der Waals surface area contributed by atoms with Gasteiger partial charge in [0.25, 0.3) is 11.8 Å². The minimum atomic E-state index is -0.706. The second kappa shape index (κ2) is 10.9. The number of amides is 2. The number of esters is 1. The first-order chi connectivity index (χ1) is 15.0. The predicted molar refractivity (Wildman–Crippen MR) is 118 cm³/mol. The topological polar surface area (TPSA) is 84.5 Å². The number of hydrogen-bond acceptors (Lipinski definition) is 4. The fourth-order valence-electron chi connectivity index (χ4n) is 2.90. The maximum Gasteiger partial charge on any atom is 0.325 e. The molecule has 3 aromatic rings. The summed E-state index contributed by atoms with van der Waals surface area (Å²) in [5.74, 6) is -1.57. The lowest BCUT2D eigenvalue weighted by atomic mass is 9.99. The Hall–Kier alpha value is -3.64. The van der Waals surface area contributed by atoms with E-state index in [-0.39, 0.29) is 6.54 Å². The second-order valence-corrected chi connectivity index (χ2v) is 7.11. The Morgan fingerprint density at radius 1 is 0.806 bits per heavy atom. The van der Waals surface area contributed by atoms with Gasteiger partial charge in [0.1, 0.15) is 6.54 Å². The Balaban J connectivity index is 1.54. The van der Waals surface area contributed by atoms with Gasteiger partial charge in [-0.1, -0.05) is 72.3 Å². The standard InChI is InChI=1S/C24H21ClN2O4/c25-20-13-11-18(12-14-20)23(17-7-3-1-4-8-17)27-21(28)16-31-22(29)15-26-24(30)19-9-5-2-6-10-19/h1-14,23H,15-16H2,(H,26,30)(H,27,28). The fraction of sp³-hybridized carbons (Fsp3) is 0.125. The van der Waals surface area contributed by atoms with Crippen molar-refractivity contribution in [2.24, 2.45) is 0 Å². The molecule has 0 saturated carbocycles. The SMILES string of the molecule is O=C(COC(=O)CNC(=O)c1ccccc1)NC(c1ccccc1)c1ccc(Cl)cc1. The molecule has 0 aromatic heterocycles. The molecule has 0 fully saturated rings. The van der Waals surface area contributed by atoms with E-state index in [2.05, 4.69) is 10.6 Å². The summed E-state index contributed by atoms with van der Waals surface area (Å²) in [6.07, 6.45) is 0. The maximum absolute atomic E-state index is 12.4. The average molecular weight is 437 g/mol. The molecule has 0 bridgehead atoms. The highest BCUT2D eigenvalue weighted by Gasteiger charge is 2.18. The van der Waals surface area contributed by atoms with Crippen LogP contribution >= 0.6 is 11.6 Å². The molecule has 0 heterocycles. The molecule has 0 spiro atoms. The summed E-state index contributed by atoms with van der Waals surface area (Å²) in [6.45, 7) is -0.794. The van der Waals surface area contributed by atoms with Crippen molar-refractivity contribution in [2.75, 3.05) is 13.2 Å². The molecular weight excluding hydrogens is 416 g/mol. The molecule has 6 nitrogen and oxygen atoms in total. The first-order valence-electron chi connectivity index (χ1n) is 9.61. The number of carbonyl (C=O) groups excluding carboxylic acids is 3. The summed E-state index contributed by atoms with van der Waals surface area (Å²) >= 11 is 5.97. The smallest absolute Gasteiger partial charge is 0.325 e. The normalized spacial score (nSPS) is 11.3. The molecule has 1 unspecified atom stereocenters. The van der Waals surface area contributed by atoms with E-state index in [1.165, 1.54) is 0 Å². The van der Waals surface area contributed by atoms with Crippen molar-refractivity contribution in [1.29, 1.82) is 0 Å². The van der Waals surface area contributed by atoms with E-state index in [4.69, 9.17) is 16.3 Å². The van der Waals surface area contributed by atoms with Crippen LogP contribution < -0.4 is 10.6 Å². The summed E-state index contributed by atoms with van der Waals surface area (Å²) in [5, 5.41) is 5.92. The van der Waals surface area contributed by atoms with Gasteiger partial charge in [0.05, 0.1) is 6.04 Å². The van der Waals surface area contributed by atoms with Gasteiger partial charge in [0.2, 0.25) is 0 Å². The van der Waals surface area contributed by atoms with Crippen LogP contribution in [0.25, 0.3) is 0 Å². The number of ether oxygens (including phenoxy) is 1.